The lowest BCUT2D eigenvalue weighted by molar-refractivity contribution is 0.0904. The molecule has 0 saturated carbocycles. The Kier molecular flexibility index (Phi) is 10.7. The van der Waals surface area contributed by atoms with Gasteiger partial charge in [-0.05, 0) is 80.0 Å². The van der Waals surface area contributed by atoms with Gasteiger partial charge in [-0.3, -0.25) is 4.90 Å². The van der Waals surface area contributed by atoms with Crippen LogP contribution in [-0.4, -0.2) is 70.6 Å². The number of nitrogens with zero attached hydrogens (tertiary/aromatic N) is 4. The molecule has 4 N–H and O–H groups in total. The lowest BCUT2D eigenvalue weighted by Gasteiger charge is -2.31. The Morgan fingerprint density at radius 1 is 1.06 bits per heavy atom. The van der Waals surface area contributed by atoms with Crippen molar-refractivity contribution in [1.82, 2.24) is 35.6 Å². The predicted octanol–water partition coefficient (Wildman–Crippen LogP) is 5.37. The number of carbonyl (C=O) groups is 1. The Hall–Kier alpha value is -3.99. The molecule has 0 aliphatic carbocycles. The summed E-state index contributed by atoms with van der Waals surface area (Å²) < 4.78 is 7.54. The molecule has 2 aromatic carbocycles. The fraction of sp³-hybridized carbons (Fsp3) is 0.486. The fourth-order valence-electron chi connectivity index (χ4n) is 6.86. The fourth-order valence-corrected chi connectivity index (χ4v) is 6.86. The number of piperazine rings is 1. The molecule has 2 aliphatic rings. The number of amides is 2. The van der Waals surface area contributed by atoms with E-state index in [9.17, 15) is 4.79 Å². The summed E-state index contributed by atoms with van der Waals surface area (Å²) >= 11 is 0. The Morgan fingerprint density at radius 3 is 2.68 bits per heavy atom. The van der Waals surface area contributed by atoms with Gasteiger partial charge in [-0.15, -0.1) is 0 Å². The van der Waals surface area contributed by atoms with Crippen molar-refractivity contribution in [3.8, 4) is 11.1 Å². The molecule has 2 aromatic heterocycles. The van der Waals surface area contributed by atoms with E-state index < -0.39 is 0 Å². The van der Waals surface area contributed by atoms with E-state index in [1.807, 2.05) is 10.9 Å². The monoisotopic (exact) mass is 638 g/mol. The number of anilines is 1. The van der Waals surface area contributed by atoms with Crippen LogP contribution in [0, 0.1) is 6.92 Å². The molecule has 6 rings (SSSR count). The molecule has 2 amide bonds. The number of urea groups is 1. The third-order valence-electron chi connectivity index (χ3n) is 9.45. The summed E-state index contributed by atoms with van der Waals surface area (Å²) in [5.41, 5.74) is 9.91. The van der Waals surface area contributed by atoms with Crippen LogP contribution in [0.15, 0.2) is 48.7 Å². The smallest absolute Gasteiger partial charge is 0.315 e. The predicted molar refractivity (Wildman–Crippen MR) is 188 cm³/mol. The van der Waals surface area contributed by atoms with Gasteiger partial charge in [-0.1, -0.05) is 37.3 Å². The zero-order chi connectivity index (χ0) is 32.8. The number of carbonyl (C=O) groups excluding carboxylic acids is 1. The molecule has 10 heteroatoms. The van der Waals surface area contributed by atoms with Crippen molar-refractivity contribution in [1.29, 1.82) is 0 Å². The number of hydrogen-bond acceptors (Lipinski definition) is 7. The minimum absolute atomic E-state index is 0.206. The van der Waals surface area contributed by atoms with Crippen molar-refractivity contribution in [2.45, 2.75) is 85.2 Å². The molecule has 10 nitrogen and oxygen atoms in total. The first-order valence-corrected chi connectivity index (χ1v) is 17.3. The zero-order valence-corrected chi connectivity index (χ0v) is 28.4. The van der Waals surface area contributed by atoms with Crippen LogP contribution < -0.4 is 21.3 Å². The van der Waals surface area contributed by atoms with Crippen LogP contribution in [0.25, 0.3) is 22.2 Å². The first-order valence-electron chi connectivity index (χ1n) is 17.3. The van der Waals surface area contributed by atoms with E-state index in [2.05, 4.69) is 101 Å². The highest BCUT2D eigenvalue weighted by molar-refractivity contribution is 5.92. The summed E-state index contributed by atoms with van der Waals surface area (Å²) in [6.07, 6.45) is 4.54. The van der Waals surface area contributed by atoms with Gasteiger partial charge in [-0.2, -0.15) is 5.10 Å². The Morgan fingerprint density at radius 2 is 1.89 bits per heavy atom. The molecule has 0 radical (unpaired) electrons. The molecule has 1 atom stereocenters. The van der Waals surface area contributed by atoms with Crippen LogP contribution in [0.2, 0.25) is 0 Å². The third-order valence-corrected chi connectivity index (χ3v) is 9.45. The molecule has 4 aromatic rings. The average molecular weight is 639 g/mol. The van der Waals surface area contributed by atoms with E-state index in [1.54, 1.807) is 0 Å². The SMILES string of the molecule is CCc1nc2c(cnn2CC)c(NC2CCOCC2)c1CNC(=O)NCc1ccc(C)c(-c2cccc(CN3CCN[C@H](C)C3)c2)c1. The molecule has 4 heterocycles. The second-order valence-electron chi connectivity index (χ2n) is 13.0. The normalized spacial score (nSPS) is 17.6. The second-order valence-corrected chi connectivity index (χ2v) is 13.0. The number of rotatable bonds is 11. The first-order chi connectivity index (χ1) is 22.9. The van der Waals surface area contributed by atoms with E-state index in [1.165, 1.54) is 22.3 Å². The third kappa shape index (κ3) is 7.94. The standard InChI is InChI=1S/C37H50N8O2/c1-5-34-32(35(42-30-12-16-47-17-13-30)33-22-41-45(6-2)36(33)43-34)21-40-37(46)39-20-27-11-10-25(3)31(19-27)29-9-7-8-28(18-29)24-44-15-14-38-26(4)23-44/h7-11,18-19,22,26,30,38H,5-6,12-17,20-21,23-24H2,1-4H3,(H,42,43)(H2,39,40,46)/t26-/m1/s1. The van der Waals surface area contributed by atoms with Crippen molar-refractivity contribution >= 4 is 22.8 Å². The van der Waals surface area contributed by atoms with Gasteiger partial charge < -0.3 is 26.0 Å². The maximum absolute atomic E-state index is 13.2. The highest BCUT2D eigenvalue weighted by Crippen LogP contribution is 2.31. The molecule has 0 bridgehead atoms. The summed E-state index contributed by atoms with van der Waals surface area (Å²) in [4.78, 5) is 20.7. The lowest BCUT2D eigenvalue weighted by Crippen LogP contribution is -2.48. The second kappa shape index (κ2) is 15.3. The average Bonchev–Trinajstić information content (AvgIpc) is 3.50. The van der Waals surface area contributed by atoms with Crippen LogP contribution in [-0.2, 0) is 37.3 Å². The van der Waals surface area contributed by atoms with Crippen LogP contribution in [0.3, 0.4) is 0 Å². The van der Waals surface area contributed by atoms with Crippen LogP contribution >= 0.6 is 0 Å². The summed E-state index contributed by atoms with van der Waals surface area (Å²) in [5, 5.41) is 19.1. The molecule has 2 fully saturated rings. The largest absolute Gasteiger partial charge is 0.381 e. The van der Waals surface area contributed by atoms with Crippen molar-refractivity contribution in [3.05, 3.63) is 76.6 Å². The van der Waals surface area contributed by atoms with Gasteiger partial charge in [0.2, 0.25) is 0 Å². The molecular weight excluding hydrogens is 588 g/mol. The molecule has 2 aliphatic heterocycles. The van der Waals surface area contributed by atoms with E-state index in [4.69, 9.17) is 9.72 Å². The maximum Gasteiger partial charge on any atom is 0.315 e. The van der Waals surface area contributed by atoms with Crippen LogP contribution in [0.1, 0.15) is 61.6 Å². The molecule has 0 spiro atoms. The number of fused-ring (bicyclic) bond motifs is 1. The Bertz CT molecular complexity index is 1680. The van der Waals surface area contributed by atoms with Gasteiger partial charge in [0.15, 0.2) is 5.65 Å². The lowest BCUT2D eigenvalue weighted by atomic mass is 9.96. The van der Waals surface area contributed by atoms with E-state index in [-0.39, 0.29) is 6.03 Å². The number of pyridine rings is 1. The summed E-state index contributed by atoms with van der Waals surface area (Å²) in [6.45, 7) is 15.8. The summed E-state index contributed by atoms with van der Waals surface area (Å²) in [5.74, 6) is 0. The summed E-state index contributed by atoms with van der Waals surface area (Å²) in [6, 6.07) is 15.9. The van der Waals surface area contributed by atoms with Gasteiger partial charge in [0, 0.05) is 82.4 Å². The number of benzene rings is 2. The van der Waals surface area contributed by atoms with Crippen molar-refractivity contribution in [2.75, 3.05) is 38.2 Å². The minimum atomic E-state index is -0.206. The molecular formula is C37H50N8O2. The van der Waals surface area contributed by atoms with Gasteiger partial charge in [0.25, 0.3) is 0 Å². The minimum Gasteiger partial charge on any atom is -0.381 e. The van der Waals surface area contributed by atoms with E-state index in [0.717, 1.165) is 98.7 Å². The number of ether oxygens (including phenoxy) is 1. The molecule has 2 saturated heterocycles. The van der Waals surface area contributed by atoms with Gasteiger partial charge >= 0.3 is 6.03 Å². The Labute approximate surface area is 278 Å². The number of aryl methyl sites for hydroxylation is 3. The maximum atomic E-state index is 13.2. The molecule has 250 valence electrons. The number of nitrogens with one attached hydrogen (secondary N) is 4. The topological polar surface area (TPSA) is 108 Å². The zero-order valence-electron chi connectivity index (χ0n) is 28.4. The highest BCUT2D eigenvalue weighted by Gasteiger charge is 2.22. The number of aromatic nitrogens is 3. The van der Waals surface area contributed by atoms with E-state index in [0.29, 0.717) is 25.2 Å². The quantitative estimate of drug-likeness (QED) is 0.175. The number of hydrogen-bond donors (Lipinski definition) is 4. The van der Waals surface area contributed by atoms with Crippen LogP contribution in [0.5, 0.6) is 0 Å². The van der Waals surface area contributed by atoms with Crippen molar-refractivity contribution in [2.24, 2.45) is 0 Å². The highest BCUT2D eigenvalue weighted by atomic mass is 16.5. The molecule has 0 unspecified atom stereocenters. The first kappa shape index (κ1) is 32.9. The summed E-state index contributed by atoms with van der Waals surface area (Å²) in [7, 11) is 0. The van der Waals surface area contributed by atoms with Gasteiger partial charge in [0.05, 0.1) is 17.3 Å². The van der Waals surface area contributed by atoms with Gasteiger partial charge in [0.1, 0.15) is 0 Å². The van der Waals surface area contributed by atoms with Crippen molar-refractivity contribution in [3.63, 3.8) is 0 Å². The van der Waals surface area contributed by atoms with Gasteiger partial charge in [-0.25, -0.2) is 14.5 Å². The van der Waals surface area contributed by atoms with Crippen LogP contribution in [0.4, 0.5) is 10.5 Å². The Balaban J connectivity index is 1.13. The molecule has 47 heavy (non-hydrogen) atoms. The van der Waals surface area contributed by atoms with E-state index >= 15 is 0 Å². The van der Waals surface area contributed by atoms with Crippen molar-refractivity contribution < 1.29 is 9.53 Å².